The van der Waals surface area contributed by atoms with Crippen LogP contribution in [-0.2, 0) is 0 Å². The number of halogens is 2. The van der Waals surface area contributed by atoms with Gasteiger partial charge in [-0.05, 0) is 42.8 Å². The van der Waals surface area contributed by atoms with E-state index in [2.05, 4.69) is 21.2 Å². The van der Waals surface area contributed by atoms with Gasteiger partial charge in [0.25, 0.3) is 5.91 Å². The number of rotatable bonds is 2. The summed E-state index contributed by atoms with van der Waals surface area (Å²) in [7, 11) is 0. The van der Waals surface area contributed by atoms with Gasteiger partial charge >= 0.3 is 0 Å². The lowest BCUT2D eigenvalue weighted by Crippen LogP contribution is -2.13. The molecular weight excluding hydrogens is 297 g/mol. The van der Waals surface area contributed by atoms with Crippen molar-refractivity contribution in [1.29, 1.82) is 0 Å². The Kier molecular flexibility index (Phi) is 3.77. The molecule has 0 aliphatic heterocycles. The molecule has 18 heavy (non-hydrogen) atoms. The Morgan fingerprint density at radius 2 is 1.94 bits per heavy atom. The zero-order chi connectivity index (χ0) is 13.1. The van der Waals surface area contributed by atoms with E-state index < -0.39 is 5.82 Å². The van der Waals surface area contributed by atoms with Gasteiger partial charge in [-0.25, -0.2) is 4.39 Å². The van der Waals surface area contributed by atoms with E-state index in [-0.39, 0.29) is 11.6 Å². The second kappa shape index (κ2) is 5.31. The van der Waals surface area contributed by atoms with Gasteiger partial charge in [-0.1, -0.05) is 28.1 Å². The third kappa shape index (κ3) is 2.76. The van der Waals surface area contributed by atoms with Crippen LogP contribution in [0, 0.1) is 12.7 Å². The first-order valence-corrected chi connectivity index (χ1v) is 6.19. The molecule has 1 N–H and O–H groups in total. The van der Waals surface area contributed by atoms with Crippen LogP contribution in [0.1, 0.15) is 15.9 Å². The number of nitrogens with one attached hydrogen (secondary N) is 1. The van der Waals surface area contributed by atoms with Crippen molar-refractivity contribution in [3.05, 3.63) is 63.9 Å². The van der Waals surface area contributed by atoms with E-state index in [0.717, 1.165) is 10.0 Å². The van der Waals surface area contributed by atoms with Gasteiger partial charge in [0.15, 0.2) is 0 Å². The number of carbonyl (C=O) groups excluding carboxylic acids is 1. The number of hydrogen-bond donors (Lipinski definition) is 1. The van der Waals surface area contributed by atoms with Crippen LogP contribution in [0.25, 0.3) is 0 Å². The lowest BCUT2D eigenvalue weighted by molar-refractivity contribution is 0.102. The van der Waals surface area contributed by atoms with E-state index in [4.69, 9.17) is 0 Å². The Hall–Kier alpha value is -1.68. The predicted molar refractivity (Wildman–Crippen MR) is 73.2 cm³/mol. The Labute approximate surface area is 113 Å². The van der Waals surface area contributed by atoms with Crippen LogP contribution >= 0.6 is 15.9 Å². The van der Waals surface area contributed by atoms with E-state index >= 15 is 0 Å². The lowest BCUT2D eigenvalue weighted by Gasteiger charge is -2.07. The topological polar surface area (TPSA) is 29.1 Å². The fraction of sp³-hybridized carbons (Fsp3) is 0.0714. The maximum absolute atomic E-state index is 13.4. The summed E-state index contributed by atoms with van der Waals surface area (Å²) < 4.78 is 14.3. The molecule has 2 aromatic carbocycles. The molecule has 0 bridgehead atoms. The first-order chi connectivity index (χ1) is 8.58. The second-order valence-corrected chi connectivity index (χ2v) is 4.75. The minimum absolute atomic E-state index is 0.183. The maximum atomic E-state index is 13.4. The first-order valence-electron chi connectivity index (χ1n) is 5.40. The molecule has 0 fully saturated rings. The summed E-state index contributed by atoms with van der Waals surface area (Å²) in [6.45, 7) is 1.89. The molecule has 2 rings (SSSR count). The molecule has 1 amide bonds. The molecule has 0 saturated heterocycles. The van der Waals surface area contributed by atoms with Crippen molar-refractivity contribution in [2.24, 2.45) is 0 Å². The molecule has 92 valence electrons. The Bertz CT molecular complexity index is 598. The lowest BCUT2D eigenvalue weighted by atomic mass is 10.1. The van der Waals surface area contributed by atoms with Crippen LogP contribution in [0.2, 0.25) is 0 Å². The number of carbonyl (C=O) groups is 1. The Morgan fingerprint density at radius 3 is 2.61 bits per heavy atom. The minimum Gasteiger partial charge on any atom is -0.319 e. The summed E-state index contributed by atoms with van der Waals surface area (Å²) in [5.74, 6) is -0.768. The standard InChI is InChI=1S/C14H11BrFNO/c1-9-8-10(6-7-11(9)15)14(18)17-13-5-3-2-4-12(13)16/h2-8H,1H3,(H,17,18). The van der Waals surface area contributed by atoms with Crippen LogP contribution < -0.4 is 5.32 Å². The van der Waals surface area contributed by atoms with Crippen molar-refractivity contribution in [2.45, 2.75) is 6.92 Å². The highest BCUT2D eigenvalue weighted by molar-refractivity contribution is 9.10. The zero-order valence-electron chi connectivity index (χ0n) is 9.71. The van der Waals surface area contributed by atoms with Gasteiger partial charge in [0.2, 0.25) is 0 Å². The summed E-state index contributed by atoms with van der Waals surface area (Å²) in [6.07, 6.45) is 0. The summed E-state index contributed by atoms with van der Waals surface area (Å²) in [4.78, 5) is 11.9. The van der Waals surface area contributed by atoms with E-state index in [1.807, 2.05) is 6.92 Å². The number of benzene rings is 2. The molecule has 0 aromatic heterocycles. The van der Waals surface area contributed by atoms with E-state index in [1.54, 1.807) is 30.3 Å². The monoisotopic (exact) mass is 307 g/mol. The van der Waals surface area contributed by atoms with Gasteiger partial charge in [-0.15, -0.1) is 0 Å². The molecule has 0 aliphatic rings. The van der Waals surface area contributed by atoms with Gasteiger partial charge < -0.3 is 5.32 Å². The summed E-state index contributed by atoms with van der Waals surface area (Å²) >= 11 is 3.37. The Morgan fingerprint density at radius 1 is 1.22 bits per heavy atom. The van der Waals surface area contributed by atoms with Gasteiger partial charge in [0.05, 0.1) is 5.69 Å². The SMILES string of the molecule is Cc1cc(C(=O)Nc2ccccc2F)ccc1Br. The molecule has 0 spiro atoms. The molecule has 0 aliphatic carbocycles. The van der Waals surface area contributed by atoms with Crippen molar-refractivity contribution in [2.75, 3.05) is 5.32 Å². The van der Waals surface area contributed by atoms with E-state index in [0.29, 0.717) is 5.56 Å². The molecule has 0 radical (unpaired) electrons. The summed E-state index contributed by atoms with van der Waals surface area (Å²) in [6, 6.07) is 11.3. The second-order valence-electron chi connectivity index (χ2n) is 3.90. The fourth-order valence-corrected chi connectivity index (χ4v) is 1.79. The molecule has 0 unspecified atom stereocenters. The number of aryl methyl sites for hydroxylation is 1. The fourth-order valence-electron chi connectivity index (χ4n) is 1.54. The van der Waals surface area contributed by atoms with Crippen molar-refractivity contribution in [3.63, 3.8) is 0 Å². The average molecular weight is 308 g/mol. The minimum atomic E-state index is -0.445. The molecule has 0 saturated carbocycles. The predicted octanol–water partition coefficient (Wildman–Crippen LogP) is 4.15. The third-order valence-corrected chi connectivity index (χ3v) is 3.43. The normalized spacial score (nSPS) is 10.2. The number of hydrogen-bond acceptors (Lipinski definition) is 1. The van der Waals surface area contributed by atoms with Crippen LogP contribution in [0.5, 0.6) is 0 Å². The average Bonchev–Trinajstić information content (AvgIpc) is 2.35. The van der Waals surface area contributed by atoms with Crippen molar-refractivity contribution >= 4 is 27.5 Å². The van der Waals surface area contributed by atoms with Crippen LogP contribution in [0.4, 0.5) is 10.1 Å². The van der Waals surface area contributed by atoms with Crippen molar-refractivity contribution in [1.82, 2.24) is 0 Å². The Balaban J connectivity index is 2.22. The first kappa shape index (κ1) is 12.8. The van der Waals surface area contributed by atoms with Crippen LogP contribution in [0.3, 0.4) is 0 Å². The number of amides is 1. The van der Waals surface area contributed by atoms with Crippen LogP contribution in [0.15, 0.2) is 46.9 Å². The molecule has 0 atom stereocenters. The van der Waals surface area contributed by atoms with Crippen molar-refractivity contribution in [3.8, 4) is 0 Å². The third-order valence-electron chi connectivity index (χ3n) is 2.54. The largest absolute Gasteiger partial charge is 0.319 e. The van der Waals surface area contributed by atoms with Gasteiger partial charge in [-0.2, -0.15) is 0 Å². The molecule has 4 heteroatoms. The summed E-state index contributed by atoms with van der Waals surface area (Å²) in [5, 5.41) is 2.54. The highest BCUT2D eigenvalue weighted by atomic mass is 79.9. The van der Waals surface area contributed by atoms with Gasteiger partial charge in [0, 0.05) is 10.0 Å². The smallest absolute Gasteiger partial charge is 0.255 e. The van der Waals surface area contributed by atoms with Gasteiger partial charge in [0.1, 0.15) is 5.82 Å². The molecular formula is C14H11BrFNO. The highest BCUT2D eigenvalue weighted by Crippen LogP contribution is 2.19. The zero-order valence-corrected chi connectivity index (χ0v) is 11.3. The van der Waals surface area contributed by atoms with Crippen LogP contribution in [-0.4, -0.2) is 5.91 Å². The van der Waals surface area contributed by atoms with E-state index in [1.165, 1.54) is 12.1 Å². The maximum Gasteiger partial charge on any atom is 0.255 e. The number of anilines is 1. The quantitative estimate of drug-likeness (QED) is 0.887. The molecule has 2 nitrogen and oxygen atoms in total. The molecule has 0 heterocycles. The van der Waals surface area contributed by atoms with Crippen molar-refractivity contribution < 1.29 is 9.18 Å². The highest BCUT2D eigenvalue weighted by Gasteiger charge is 2.09. The molecule has 2 aromatic rings. The van der Waals surface area contributed by atoms with Gasteiger partial charge in [-0.3, -0.25) is 4.79 Å². The van der Waals surface area contributed by atoms with E-state index in [9.17, 15) is 9.18 Å². The summed E-state index contributed by atoms with van der Waals surface area (Å²) in [5.41, 5.74) is 1.64. The number of para-hydroxylation sites is 1.